The molecule has 2 aromatic rings. The van der Waals surface area contributed by atoms with E-state index in [2.05, 4.69) is 31.3 Å². The maximum Gasteiger partial charge on any atom is 0.243 e. The van der Waals surface area contributed by atoms with Crippen molar-refractivity contribution in [2.75, 3.05) is 6.54 Å². The number of alkyl halides is 1. The molecular formula is C30H37FN2O3. The number of benzene rings is 2. The van der Waals surface area contributed by atoms with Gasteiger partial charge in [0.1, 0.15) is 18.0 Å². The van der Waals surface area contributed by atoms with Crippen molar-refractivity contribution < 1.29 is 18.8 Å². The number of carbonyl (C=O) groups excluding carboxylic acids is 3. The van der Waals surface area contributed by atoms with Crippen molar-refractivity contribution >= 4 is 17.6 Å². The van der Waals surface area contributed by atoms with Gasteiger partial charge in [0.25, 0.3) is 0 Å². The molecule has 2 amide bonds. The molecule has 0 radical (unpaired) electrons. The molecule has 5 atom stereocenters. The summed E-state index contributed by atoms with van der Waals surface area (Å²) in [4.78, 5) is 40.1. The minimum Gasteiger partial charge on any atom is -0.343 e. The van der Waals surface area contributed by atoms with E-state index in [0.29, 0.717) is 5.92 Å². The van der Waals surface area contributed by atoms with E-state index >= 15 is 0 Å². The number of hydrogen-bond acceptors (Lipinski definition) is 3. The van der Waals surface area contributed by atoms with Crippen LogP contribution in [0, 0.1) is 11.8 Å². The van der Waals surface area contributed by atoms with Crippen LogP contribution in [-0.2, 0) is 14.4 Å². The molecule has 1 N–H and O–H groups in total. The topological polar surface area (TPSA) is 66.5 Å². The first-order chi connectivity index (χ1) is 17.2. The Morgan fingerprint density at radius 2 is 1.61 bits per heavy atom. The van der Waals surface area contributed by atoms with Crippen LogP contribution in [0.1, 0.15) is 81.5 Å². The summed E-state index contributed by atoms with van der Waals surface area (Å²) in [6.07, 6.45) is 1.49. The van der Waals surface area contributed by atoms with E-state index in [4.69, 9.17) is 0 Å². The first-order valence-electron chi connectivity index (χ1n) is 13.1. The number of nitrogens with one attached hydrogen (secondary N) is 1. The Hall–Kier alpha value is -3.02. The molecule has 5 nitrogen and oxygen atoms in total. The highest BCUT2D eigenvalue weighted by atomic mass is 19.1. The highest BCUT2D eigenvalue weighted by Gasteiger charge is 2.42. The molecule has 0 spiro atoms. The molecule has 2 fully saturated rings. The monoisotopic (exact) mass is 492 g/mol. The number of likely N-dealkylation sites (tertiary alicyclic amines) is 1. The number of carbonyl (C=O) groups is 3. The van der Waals surface area contributed by atoms with Crippen molar-refractivity contribution in [3.05, 3.63) is 71.3 Å². The number of rotatable bonds is 8. The van der Waals surface area contributed by atoms with E-state index in [1.807, 2.05) is 42.5 Å². The van der Waals surface area contributed by atoms with Crippen molar-refractivity contribution in [1.29, 1.82) is 0 Å². The lowest BCUT2D eigenvalue weighted by atomic mass is 9.89. The van der Waals surface area contributed by atoms with Gasteiger partial charge < -0.3 is 10.2 Å². The summed E-state index contributed by atoms with van der Waals surface area (Å²) in [7, 11) is 0. The molecule has 1 aliphatic carbocycles. The van der Waals surface area contributed by atoms with Crippen LogP contribution in [0.2, 0.25) is 0 Å². The standard InChI is InChI=1S/C30H37FN2O3/c1-19(2)21-12-14-23(15-13-21)29(22-8-5-4-6-9-22)32-30(36)27-17-25(31)18-33(27)28(35)16-24-10-7-11-26(24)20(3)34/h4-6,8-9,12-15,19,24-27,29H,7,10-11,16-18H2,1-3H3,(H,32,36)/t24-,25-,26?,27+,29+/m1/s1. The van der Waals surface area contributed by atoms with Crippen LogP contribution >= 0.6 is 0 Å². The maximum atomic E-state index is 14.5. The van der Waals surface area contributed by atoms with Crippen LogP contribution in [-0.4, -0.2) is 41.3 Å². The Morgan fingerprint density at radius 1 is 0.972 bits per heavy atom. The molecule has 1 heterocycles. The van der Waals surface area contributed by atoms with Gasteiger partial charge in [0.2, 0.25) is 11.8 Å². The molecule has 192 valence electrons. The van der Waals surface area contributed by atoms with Crippen molar-refractivity contribution in [3.63, 3.8) is 0 Å². The third-order valence-electron chi connectivity index (χ3n) is 7.85. The van der Waals surface area contributed by atoms with Gasteiger partial charge >= 0.3 is 0 Å². The lowest BCUT2D eigenvalue weighted by Gasteiger charge is -2.28. The quantitative estimate of drug-likeness (QED) is 0.540. The fourth-order valence-corrected chi connectivity index (χ4v) is 5.78. The third kappa shape index (κ3) is 5.85. The molecule has 0 bridgehead atoms. The summed E-state index contributed by atoms with van der Waals surface area (Å²) in [6, 6.07) is 16.6. The predicted octanol–water partition coefficient (Wildman–Crippen LogP) is 5.35. The summed E-state index contributed by atoms with van der Waals surface area (Å²) in [5.41, 5.74) is 3.06. The van der Waals surface area contributed by atoms with Gasteiger partial charge in [-0.15, -0.1) is 0 Å². The van der Waals surface area contributed by atoms with Crippen molar-refractivity contribution in [3.8, 4) is 0 Å². The molecule has 1 saturated carbocycles. The van der Waals surface area contributed by atoms with Gasteiger partial charge in [-0.2, -0.15) is 0 Å². The number of nitrogens with zero attached hydrogens (tertiary/aromatic N) is 1. The highest BCUT2D eigenvalue weighted by molar-refractivity contribution is 5.89. The van der Waals surface area contributed by atoms with Gasteiger partial charge in [-0.25, -0.2) is 4.39 Å². The SMILES string of the molecule is CC(=O)C1CCC[C@@H]1CC(=O)N1C[C@H](F)C[C@H]1C(=O)N[C@@H](c1ccccc1)c1ccc(C(C)C)cc1. The van der Waals surface area contributed by atoms with E-state index in [1.165, 1.54) is 10.5 Å². The second kappa shape index (κ2) is 11.4. The lowest BCUT2D eigenvalue weighted by Crippen LogP contribution is -2.47. The predicted molar refractivity (Wildman–Crippen MR) is 138 cm³/mol. The summed E-state index contributed by atoms with van der Waals surface area (Å²) < 4.78 is 14.5. The smallest absolute Gasteiger partial charge is 0.243 e. The number of amides is 2. The van der Waals surface area contributed by atoms with Gasteiger partial charge in [-0.05, 0) is 48.3 Å². The van der Waals surface area contributed by atoms with Gasteiger partial charge in [0, 0.05) is 18.8 Å². The Morgan fingerprint density at radius 3 is 2.25 bits per heavy atom. The molecule has 0 aromatic heterocycles. The summed E-state index contributed by atoms with van der Waals surface area (Å²) in [5.74, 6) is -0.203. The zero-order chi connectivity index (χ0) is 25.8. The number of ketones is 1. The molecule has 6 heteroatoms. The molecule has 2 aliphatic rings. The van der Waals surface area contributed by atoms with Crippen molar-refractivity contribution in [2.24, 2.45) is 11.8 Å². The largest absolute Gasteiger partial charge is 0.343 e. The fourth-order valence-electron chi connectivity index (χ4n) is 5.78. The minimum absolute atomic E-state index is 0.00776. The van der Waals surface area contributed by atoms with E-state index < -0.39 is 18.3 Å². The van der Waals surface area contributed by atoms with Gasteiger partial charge in [0.15, 0.2) is 0 Å². The van der Waals surface area contributed by atoms with E-state index in [-0.39, 0.29) is 48.8 Å². The first-order valence-corrected chi connectivity index (χ1v) is 13.1. The normalized spacial score (nSPS) is 24.6. The summed E-state index contributed by atoms with van der Waals surface area (Å²) >= 11 is 0. The van der Waals surface area contributed by atoms with E-state index in [9.17, 15) is 18.8 Å². The van der Waals surface area contributed by atoms with Crippen LogP contribution in [0.15, 0.2) is 54.6 Å². The lowest BCUT2D eigenvalue weighted by molar-refractivity contribution is -0.140. The Labute approximate surface area is 213 Å². The molecule has 1 aliphatic heterocycles. The molecule has 1 unspecified atom stereocenters. The van der Waals surface area contributed by atoms with Gasteiger partial charge in [-0.3, -0.25) is 14.4 Å². The second-order valence-electron chi connectivity index (χ2n) is 10.7. The van der Waals surface area contributed by atoms with Crippen molar-refractivity contribution in [1.82, 2.24) is 10.2 Å². The zero-order valence-corrected chi connectivity index (χ0v) is 21.5. The van der Waals surface area contributed by atoms with Crippen LogP contribution in [0.4, 0.5) is 4.39 Å². The number of halogens is 1. The average Bonchev–Trinajstić information content (AvgIpc) is 3.49. The van der Waals surface area contributed by atoms with Crippen LogP contribution in [0.25, 0.3) is 0 Å². The summed E-state index contributed by atoms with van der Waals surface area (Å²) in [6.45, 7) is 5.77. The second-order valence-corrected chi connectivity index (χ2v) is 10.7. The highest BCUT2D eigenvalue weighted by Crippen LogP contribution is 2.36. The molecule has 1 saturated heterocycles. The van der Waals surface area contributed by atoms with Crippen LogP contribution < -0.4 is 5.32 Å². The average molecular weight is 493 g/mol. The summed E-state index contributed by atoms with van der Waals surface area (Å²) in [5, 5.41) is 3.11. The van der Waals surface area contributed by atoms with Crippen LogP contribution in [0.5, 0.6) is 0 Å². The van der Waals surface area contributed by atoms with Gasteiger partial charge in [0.05, 0.1) is 12.6 Å². The Kier molecular flexibility index (Phi) is 8.22. The number of hydrogen-bond donors (Lipinski definition) is 1. The van der Waals surface area contributed by atoms with Crippen LogP contribution in [0.3, 0.4) is 0 Å². The molecule has 2 aromatic carbocycles. The third-order valence-corrected chi connectivity index (χ3v) is 7.85. The molecular weight excluding hydrogens is 455 g/mol. The zero-order valence-electron chi connectivity index (χ0n) is 21.5. The first kappa shape index (κ1) is 26.1. The van der Waals surface area contributed by atoms with E-state index in [0.717, 1.165) is 30.4 Å². The molecule has 4 rings (SSSR count). The number of Topliss-reactive ketones (excluding diaryl/α,β-unsaturated/α-hetero) is 1. The Bertz CT molecular complexity index is 1070. The van der Waals surface area contributed by atoms with Gasteiger partial charge in [-0.1, -0.05) is 74.9 Å². The maximum absolute atomic E-state index is 14.5. The minimum atomic E-state index is -1.24. The fraction of sp³-hybridized carbons (Fsp3) is 0.500. The molecule has 36 heavy (non-hydrogen) atoms. The van der Waals surface area contributed by atoms with Crippen molar-refractivity contribution in [2.45, 2.75) is 77.0 Å². The van der Waals surface area contributed by atoms with E-state index in [1.54, 1.807) is 6.92 Å². The Balaban J connectivity index is 1.52.